The highest BCUT2D eigenvalue weighted by Crippen LogP contribution is 2.23. The highest BCUT2D eigenvalue weighted by Gasteiger charge is 2.23. The minimum absolute atomic E-state index is 0.103. The van der Waals surface area contributed by atoms with Gasteiger partial charge < -0.3 is 19.5 Å². The summed E-state index contributed by atoms with van der Waals surface area (Å²) in [6.07, 6.45) is 3.94. The third-order valence-corrected chi connectivity index (χ3v) is 6.47. The number of aliphatic hydroxyl groups is 1. The summed E-state index contributed by atoms with van der Waals surface area (Å²) in [5.74, 6) is 0.149. The average molecular weight is 446 g/mol. The summed E-state index contributed by atoms with van der Waals surface area (Å²) in [7, 11) is 2.01. The number of rotatable bonds is 5. The molecule has 1 N–H and O–H groups in total. The van der Waals surface area contributed by atoms with E-state index in [1.807, 2.05) is 36.2 Å². The number of aromatic nitrogens is 3. The molecule has 8 nitrogen and oxygen atoms in total. The van der Waals surface area contributed by atoms with Crippen LogP contribution in [0, 0.1) is 0 Å². The molecule has 5 rings (SSSR count). The predicted molar refractivity (Wildman–Crippen MR) is 129 cm³/mol. The number of para-hydroxylation sites is 1. The van der Waals surface area contributed by atoms with E-state index < -0.39 is 0 Å². The van der Waals surface area contributed by atoms with Crippen molar-refractivity contribution < 1.29 is 9.90 Å². The summed E-state index contributed by atoms with van der Waals surface area (Å²) in [5.41, 5.74) is 3.69. The molecule has 0 saturated carbocycles. The number of carbonyl (C=O) groups excluding carboxylic acids is 1. The van der Waals surface area contributed by atoms with Gasteiger partial charge in [-0.15, -0.1) is 0 Å². The molecule has 1 aliphatic heterocycles. The number of amides is 1. The van der Waals surface area contributed by atoms with E-state index in [0.717, 1.165) is 35.2 Å². The summed E-state index contributed by atoms with van der Waals surface area (Å²) in [5, 5.41) is 10.8. The van der Waals surface area contributed by atoms with Crippen LogP contribution in [0.3, 0.4) is 0 Å². The van der Waals surface area contributed by atoms with Crippen LogP contribution in [0.15, 0.2) is 59.8 Å². The molecule has 170 valence electrons. The maximum Gasteiger partial charge on any atom is 0.261 e. The standard InChI is InChI=1S/C25H27N5O3/c1-27-16-18(20-4-2-3-5-23(20)27)14-24(32)29-10-8-28(9-11-29)19-6-7-21-22(15-19)26-17-30(12-13-31)25(21)33/h2-7,15-17,31H,8-14H2,1H3. The van der Waals surface area contributed by atoms with Gasteiger partial charge >= 0.3 is 0 Å². The van der Waals surface area contributed by atoms with E-state index in [1.165, 1.54) is 10.9 Å². The first-order chi connectivity index (χ1) is 16.0. The molecule has 1 fully saturated rings. The Morgan fingerprint density at radius 1 is 1.06 bits per heavy atom. The van der Waals surface area contributed by atoms with Crippen molar-refractivity contribution in [2.24, 2.45) is 7.05 Å². The molecule has 2 aromatic carbocycles. The summed E-state index contributed by atoms with van der Waals surface area (Å²) in [4.78, 5) is 34.1. The van der Waals surface area contributed by atoms with E-state index in [0.29, 0.717) is 30.4 Å². The zero-order valence-electron chi connectivity index (χ0n) is 18.6. The first kappa shape index (κ1) is 21.2. The summed E-state index contributed by atoms with van der Waals surface area (Å²) < 4.78 is 3.49. The fourth-order valence-corrected chi connectivity index (χ4v) is 4.67. The normalized spacial score (nSPS) is 14.4. The van der Waals surface area contributed by atoms with Crippen LogP contribution >= 0.6 is 0 Å². The van der Waals surface area contributed by atoms with Gasteiger partial charge in [0.05, 0.1) is 36.8 Å². The van der Waals surface area contributed by atoms with Gasteiger partial charge in [0, 0.05) is 56.0 Å². The first-order valence-corrected chi connectivity index (χ1v) is 11.2. The number of benzene rings is 2. The second kappa shape index (κ2) is 8.71. The van der Waals surface area contributed by atoms with Gasteiger partial charge in [-0.2, -0.15) is 0 Å². The Morgan fingerprint density at radius 2 is 1.85 bits per heavy atom. The summed E-state index contributed by atoms with van der Waals surface area (Å²) in [6, 6.07) is 13.8. The first-order valence-electron chi connectivity index (χ1n) is 11.2. The van der Waals surface area contributed by atoms with Gasteiger partial charge in [-0.05, 0) is 29.8 Å². The average Bonchev–Trinajstić information content (AvgIpc) is 3.16. The lowest BCUT2D eigenvalue weighted by molar-refractivity contribution is -0.130. The van der Waals surface area contributed by atoms with E-state index in [9.17, 15) is 9.59 Å². The number of hydrogen-bond acceptors (Lipinski definition) is 5. The van der Waals surface area contributed by atoms with Crippen molar-refractivity contribution in [2.75, 3.05) is 37.7 Å². The third-order valence-electron chi connectivity index (χ3n) is 6.47. The van der Waals surface area contributed by atoms with Crippen LogP contribution in [0.4, 0.5) is 5.69 Å². The van der Waals surface area contributed by atoms with Gasteiger partial charge in [-0.1, -0.05) is 18.2 Å². The van der Waals surface area contributed by atoms with Gasteiger partial charge in [0.15, 0.2) is 0 Å². The lowest BCUT2D eigenvalue weighted by Gasteiger charge is -2.36. The van der Waals surface area contributed by atoms with Gasteiger partial charge in [0.2, 0.25) is 5.91 Å². The van der Waals surface area contributed by atoms with E-state index >= 15 is 0 Å². The van der Waals surface area contributed by atoms with Crippen LogP contribution in [-0.2, 0) is 24.8 Å². The number of piperazine rings is 1. The molecule has 1 amide bonds. The molecule has 1 saturated heterocycles. The Labute approximate surface area is 191 Å². The van der Waals surface area contributed by atoms with Crippen LogP contribution in [0.1, 0.15) is 5.56 Å². The van der Waals surface area contributed by atoms with Gasteiger partial charge in [0.1, 0.15) is 0 Å². The SMILES string of the molecule is Cn1cc(CC(=O)N2CCN(c3ccc4c(=O)n(CCO)cnc4c3)CC2)c2ccccc21. The molecular formula is C25H27N5O3. The van der Waals surface area contributed by atoms with Crippen LogP contribution in [0.25, 0.3) is 21.8 Å². The molecule has 33 heavy (non-hydrogen) atoms. The third kappa shape index (κ3) is 3.98. The molecule has 4 aromatic rings. The van der Waals surface area contributed by atoms with Crippen molar-refractivity contribution >= 4 is 33.4 Å². The highest BCUT2D eigenvalue weighted by molar-refractivity contribution is 5.89. The number of nitrogens with zero attached hydrogens (tertiary/aromatic N) is 5. The van der Waals surface area contributed by atoms with Crippen molar-refractivity contribution in [3.8, 4) is 0 Å². The molecule has 0 bridgehead atoms. The number of aliphatic hydroxyl groups excluding tert-OH is 1. The molecule has 0 unspecified atom stereocenters. The molecule has 8 heteroatoms. The number of hydrogen-bond donors (Lipinski definition) is 1. The minimum Gasteiger partial charge on any atom is -0.395 e. The zero-order chi connectivity index (χ0) is 22.9. The monoisotopic (exact) mass is 445 g/mol. The Bertz CT molecular complexity index is 1380. The second-order valence-corrected chi connectivity index (χ2v) is 8.50. The molecule has 0 radical (unpaired) electrons. The lowest BCUT2D eigenvalue weighted by atomic mass is 10.1. The Balaban J connectivity index is 1.26. The lowest BCUT2D eigenvalue weighted by Crippen LogP contribution is -2.49. The van der Waals surface area contributed by atoms with Crippen LogP contribution in [0.2, 0.25) is 0 Å². The van der Waals surface area contributed by atoms with Crippen molar-refractivity contribution in [3.63, 3.8) is 0 Å². The topological polar surface area (TPSA) is 83.6 Å². The second-order valence-electron chi connectivity index (χ2n) is 8.50. The maximum absolute atomic E-state index is 13.0. The van der Waals surface area contributed by atoms with Crippen LogP contribution in [0.5, 0.6) is 0 Å². The van der Waals surface area contributed by atoms with E-state index in [1.54, 1.807) is 6.07 Å². The van der Waals surface area contributed by atoms with Crippen LogP contribution < -0.4 is 10.5 Å². The smallest absolute Gasteiger partial charge is 0.261 e. The van der Waals surface area contributed by atoms with E-state index in [2.05, 4.69) is 32.8 Å². The Morgan fingerprint density at radius 3 is 2.64 bits per heavy atom. The Kier molecular flexibility index (Phi) is 5.60. The van der Waals surface area contributed by atoms with Gasteiger partial charge in [-0.25, -0.2) is 4.98 Å². The largest absolute Gasteiger partial charge is 0.395 e. The fourth-order valence-electron chi connectivity index (χ4n) is 4.67. The minimum atomic E-state index is -0.149. The van der Waals surface area contributed by atoms with Crippen molar-refractivity contribution in [3.05, 3.63) is 70.9 Å². The molecule has 0 atom stereocenters. The van der Waals surface area contributed by atoms with Crippen LogP contribution in [-0.4, -0.2) is 62.8 Å². The summed E-state index contributed by atoms with van der Waals surface area (Å²) >= 11 is 0. The quantitative estimate of drug-likeness (QED) is 0.506. The predicted octanol–water partition coefficient (Wildman–Crippen LogP) is 1.77. The number of anilines is 1. The Hall–Kier alpha value is -3.65. The molecule has 0 aliphatic carbocycles. The van der Waals surface area contributed by atoms with E-state index in [-0.39, 0.29) is 24.6 Å². The van der Waals surface area contributed by atoms with E-state index in [4.69, 9.17) is 5.11 Å². The number of aryl methyl sites for hydroxylation is 1. The molecule has 0 spiro atoms. The summed E-state index contributed by atoms with van der Waals surface area (Å²) in [6.45, 7) is 2.91. The number of fused-ring (bicyclic) bond motifs is 2. The highest BCUT2D eigenvalue weighted by atomic mass is 16.3. The van der Waals surface area contributed by atoms with Gasteiger partial charge in [-0.3, -0.25) is 14.2 Å². The molecule has 2 aromatic heterocycles. The van der Waals surface area contributed by atoms with Crippen molar-refractivity contribution in [1.82, 2.24) is 19.0 Å². The zero-order valence-corrected chi connectivity index (χ0v) is 18.6. The molecular weight excluding hydrogens is 418 g/mol. The van der Waals surface area contributed by atoms with Gasteiger partial charge in [0.25, 0.3) is 5.56 Å². The maximum atomic E-state index is 13.0. The number of carbonyl (C=O) groups is 1. The van der Waals surface area contributed by atoms with Crippen molar-refractivity contribution in [2.45, 2.75) is 13.0 Å². The fraction of sp³-hybridized carbons (Fsp3) is 0.320. The molecule has 1 aliphatic rings. The van der Waals surface area contributed by atoms with Crippen molar-refractivity contribution in [1.29, 1.82) is 0 Å². The molecule has 3 heterocycles.